The summed E-state index contributed by atoms with van der Waals surface area (Å²) in [5.74, 6) is 0. The van der Waals surface area contributed by atoms with Crippen LogP contribution in [0.1, 0.15) is 44.3 Å². The molecule has 3 aromatic carbocycles. The van der Waals surface area contributed by atoms with E-state index in [0.717, 1.165) is 16.7 Å². The summed E-state index contributed by atoms with van der Waals surface area (Å²) in [6.07, 6.45) is 0. The molecule has 0 heterocycles. The number of hydrogen-bond donors (Lipinski definition) is 0. The van der Waals surface area contributed by atoms with Crippen LogP contribution in [0, 0.1) is 20.8 Å². The SMILES string of the molecule is CCO[PH](C(=O)c1ccccc1)(C(=O)c1c(C)cc(C)cc1C)c1ccccc1. The van der Waals surface area contributed by atoms with Gasteiger partial charge in [0, 0.05) is 0 Å². The van der Waals surface area contributed by atoms with Gasteiger partial charge in [0.15, 0.2) is 0 Å². The van der Waals surface area contributed by atoms with Crippen molar-refractivity contribution in [2.45, 2.75) is 27.7 Å². The van der Waals surface area contributed by atoms with Crippen LogP contribution < -0.4 is 5.30 Å². The standard InChI is InChI=1S/C25H27O3P/c1-5-28-29(22-14-10-7-11-15-22,24(26)21-12-8-6-9-13-21)25(27)23-19(3)16-18(2)17-20(23)4/h6-17,29H,5H2,1-4H3. The zero-order valence-electron chi connectivity index (χ0n) is 17.4. The second kappa shape index (κ2) is 8.82. The first-order chi connectivity index (χ1) is 13.9. The molecule has 29 heavy (non-hydrogen) atoms. The number of benzene rings is 3. The fraction of sp³-hybridized carbons (Fsp3) is 0.200. The average Bonchev–Trinajstić information content (AvgIpc) is 2.72. The number of rotatable bonds is 7. The van der Waals surface area contributed by atoms with Crippen molar-refractivity contribution in [3.63, 3.8) is 0 Å². The third-order valence-corrected chi connectivity index (χ3v) is 8.81. The van der Waals surface area contributed by atoms with E-state index in [0.29, 0.717) is 16.4 Å². The van der Waals surface area contributed by atoms with Gasteiger partial charge in [-0.05, 0) is 0 Å². The first-order valence-electron chi connectivity index (χ1n) is 9.83. The first-order valence-corrected chi connectivity index (χ1v) is 11.7. The molecule has 150 valence electrons. The van der Waals surface area contributed by atoms with Gasteiger partial charge in [-0.3, -0.25) is 0 Å². The Morgan fingerprint density at radius 1 is 0.793 bits per heavy atom. The zero-order valence-corrected chi connectivity index (χ0v) is 18.4. The third-order valence-electron chi connectivity index (χ3n) is 5.12. The van der Waals surface area contributed by atoms with Gasteiger partial charge in [0.2, 0.25) is 0 Å². The van der Waals surface area contributed by atoms with Gasteiger partial charge in [0.05, 0.1) is 0 Å². The second-order valence-corrected chi connectivity index (χ2v) is 10.4. The van der Waals surface area contributed by atoms with E-state index < -0.39 is 7.49 Å². The van der Waals surface area contributed by atoms with Crippen LogP contribution in [0.5, 0.6) is 0 Å². The average molecular weight is 406 g/mol. The number of carbonyl (C=O) groups is 2. The summed E-state index contributed by atoms with van der Waals surface area (Å²) in [5, 5.41) is 0.681. The van der Waals surface area contributed by atoms with Gasteiger partial charge in [-0.25, -0.2) is 0 Å². The molecule has 0 atom stereocenters. The Morgan fingerprint density at radius 2 is 1.31 bits per heavy atom. The monoisotopic (exact) mass is 406 g/mol. The summed E-state index contributed by atoms with van der Waals surface area (Å²) in [4.78, 5) is 28.0. The second-order valence-electron chi connectivity index (χ2n) is 7.28. The Balaban J connectivity index is 2.30. The maximum atomic E-state index is 14.1. The van der Waals surface area contributed by atoms with Crippen LogP contribution in [0.2, 0.25) is 0 Å². The Bertz CT molecular complexity index is 1010. The fourth-order valence-corrected chi connectivity index (χ4v) is 7.55. The number of hydrogen-bond acceptors (Lipinski definition) is 3. The van der Waals surface area contributed by atoms with E-state index in [1.165, 1.54) is 0 Å². The molecule has 3 aromatic rings. The molecule has 3 rings (SSSR count). The Labute approximate surface area is 173 Å². The Hall–Kier alpha value is -2.61. The summed E-state index contributed by atoms with van der Waals surface area (Å²) in [6, 6.07) is 22.3. The van der Waals surface area contributed by atoms with Crippen molar-refractivity contribution in [1.29, 1.82) is 0 Å². The Morgan fingerprint density at radius 3 is 1.83 bits per heavy atom. The van der Waals surface area contributed by atoms with E-state index in [4.69, 9.17) is 4.52 Å². The zero-order chi connectivity index (χ0) is 21.0. The third kappa shape index (κ3) is 3.94. The van der Waals surface area contributed by atoms with Crippen molar-refractivity contribution in [2.24, 2.45) is 0 Å². The Kier molecular flexibility index (Phi) is 6.42. The number of aryl methyl sites for hydroxylation is 3. The quantitative estimate of drug-likeness (QED) is 0.478. The molecule has 0 fully saturated rings. The molecular formula is C25H27O3P. The van der Waals surface area contributed by atoms with Crippen LogP contribution in [0.4, 0.5) is 0 Å². The van der Waals surface area contributed by atoms with E-state index in [-0.39, 0.29) is 17.7 Å². The predicted molar refractivity (Wildman–Crippen MR) is 122 cm³/mol. The summed E-state index contributed by atoms with van der Waals surface area (Å²) in [5.41, 5.74) is 3.55. The molecule has 0 bridgehead atoms. The van der Waals surface area contributed by atoms with Crippen molar-refractivity contribution < 1.29 is 14.1 Å². The molecule has 3 nitrogen and oxygen atoms in total. The van der Waals surface area contributed by atoms with Gasteiger partial charge in [0.1, 0.15) is 0 Å². The van der Waals surface area contributed by atoms with Crippen molar-refractivity contribution in [1.82, 2.24) is 0 Å². The van der Waals surface area contributed by atoms with E-state index in [9.17, 15) is 9.59 Å². The molecule has 0 aromatic heterocycles. The molecule has 0 N–H and O–H groups in total. The van der Waals surface area contributed by atoms with Crippen molar-refractivity contribution in [3.05, 3.63) is 101 Å². The van der Waals surface area contributed by atoms with Crippen LogP contribution in [0.3, 0.4) is 0 Å². The van der Waals surface area contributed by atoms with Crippen LogP contribution in [0.25, 0.3) is 0 Å². The molecule has 0 aliphatic carbocycles. The van der Waals surface area contributed by atoms with E-state index in [1.54, 1.807) is 12.1 Å². The van der Waals surface area contributed by atoms with Crippen molar-refractivity contribution in [3.8, 4) is 0 Å². The van der Waals surface area contributed by atoms with Gasteiger partial charge >= 0.3 is 173 Å². The summed E-state index contributed by atoms with van der Waals surface area (Å²) in [7, 11) is -3.72. The summed E-state index contributed by atoms with van der Waals surface area (Å²) >= 11 is 0. The molecule has 0 saturated carbocycles. The van der Waals surface area contributed by atoms with Gasteiger partial charge in [-0.1, -0.05) is 0 Å². The molecule has 0 radical (unpaired) electrons. The van der Waals surface area contributed by atoms with Crippen LogP contribution in [-0.4, -0.2) is 17.7 Å². The molecule has 0 aliphatic rings. The van der Waals surface area contributed by atoms with Crippen LogP contribution in [-0.2, 0) is 4.52 Å². The van der Waals surface area contributed by atoms with Crippen LogP contribution >= 0.6 is 7.49 Å². The van der Waals surface area contributed by atoms with Gasteiger partial charge in [0.25, 0.3) is 0 Å². The first kappa shape index (κ1) is 21.1. The normalized spacial score (nSPS) is 11.9. The molecule has 0 unspecified atom stereocenters. The predicted octanol–water partition coefficient (Wildman–Crippen LogP) is 5.62. The molecule has 0 aliphatic heterocycles. The van der Waals surface area contributed by atoms with E-state index >= 15 is 0 Å². The van der Waals surface area contributed by atoms with Gasteiger partial charge in [-0.15, -0.1) is 0 Å². The van der Waals surface area contributed by atoms with E-state index in [2.05, 4.69) is 0 Å². The van der Waals surface area contributed by atoms with Crippen molar-refractivity contribution >= 4 is 23.8 Å². The number of carbonyl (C=O) groups excluding carboxylic acids is 2. The van der Waals surface area contributed by atoms with Crippen molar-refractivity contribution in [2.75, 3.05) is 6.61 Å². The molecule has 4 heteroatoms. The molecular weight excluding hydrogens is 379 g/mol. The molecule has 0 amide bonds. The van der Waals surface area contributed by atoms with Gasteiger partial charge < -0.3 is 0 Å². The summed E-state index contributed by atoms with van der Waals surface area (Å²) in [6.45, 7) is 7.99. The summed E-state index contributed by atoms with van der Waals surface area (Å²) < 4.78 is 6.23. The molecule has 0 spiro atoms. The van der Waals surface area contributed by atoms with E-state index in [1.807, 2.05) is 88.4 Å². The van der Waals surface area contributed by atoms with Gasteiger partial charge in [-0.2, -0.15) is 0 Å². The minimum atomic E-state index is -3.72. The fourth-order valence-electron chi connectivity index (χ4n) is 3.98. The minimum absolute atomic E-state index is 0.186. The topological polar surface area (TPSA) is 43.4 Å². The molecule has 0 saturated heterocycles. The van der Waals surface area contributed by atoms with Crippen LogP contribution in [0.15, 0.2) is 72.8 Å². The maximum absolute atomic E-state index is 14.1.